The Bertz CT molecular complexity index is 1140. The first-order chi connectivity index (χ1) is 13.3. The van der Waals surface area contributed by atoms with Crippen molar-refractivity contribution in [1.82, 2.24) is 35.3 Å². The molecule has 4 rings (SSSR count). The number of carbonyl (C=O) groups excluding carboxylic acids is 1. The van der Waals surface area contributed by atoms with E-state index in [-0.39, 0.29) is 40.7 Å². The number of aromatic amines is 1. The van der Waals surface area contributed by atoms with Crippen molar-refractivity contribution in [3.8, 4) is 5.95 Å². The van der Waals surface area contributed by atoms with E-state index in [0.717, 1.165) is 18.5 Å². The quantitative estimate of drug-likeness (QED) is 0.312. The predicted octanol–water partition coefficient (Wildman–Crippen LogP) is 0.964. The van der Waals surface area contributed by atoms with Crippen molar-refractivity contribution in [3.63, 3.8) is 0 Å². The zero-order valence-corrected chi connectivity index (χ0v) is 15.3. The maximum absolute atomic E-state index is 11.8. The lowest BCUT2D eigenvalue weighted by Crippen LogP contribution is -2.19. The van der Waals surface area contributed by atoms with E-state index in [1.807, 2.05) is 0 Å². The summed E-state index contributed by atoms with van der Waals surface area (Å²) in [5.74, 6) is -0.473. The van der Waals surface area contributed by atoms with Crippen LogP contribution in [0.4, 0.5) is 0 Å². The first-order valence-electron chi connectivity index (χ1n) is 8.68. The molecule has 28 heavy (non-hydrogen) atoms. The van der Waals surface area contributed by atoms with Gasteiger partial charge in [-0.15, -0.1) is 0 Å². The smallest absolute Gasteiger partial charge is 0.269 e. The molecule has 3 heterocycles. The van der Waals surface area contributed by atoms with Gasteiger partial charge in [-0.2, -0.15) is 19.9 Å². The van der Waals surface area contributed by atoms with Crippen LogP contribution in [0.2, 0.25) is 0 Å². The van der Waals surface area contributed by atoms with Crippen LogP contribution in [0, 0.1) is 12.3 Å². The number of H-pyrrole nitrogens is 1. The van der Waals surface area contributed by atoms with E-state index >= 15 is 0 Å². The molecule has 1 aliphatic rings. The van der Waals surface area contributed by atoms with E-state index in [1.54, 1.807) is 19.2 Å². The molecule has 144 valence electrons. The number of fused-ring (bicyclic) bond motifs is 1. The van der Waals surface area contributed by atoms with Crippen molar-refractivity contribution in [3.05, 3.63) is 35.2 Å². The summed E-state index contributed by atoms with van der Waals surface area (Å²) in [5, 5.41) is 32.8. The number of aliphatic hydroxyl groups is 1. The number of allylic oxidation sites excluding steroid dienone is 1. The van der Waals surface area contributed by atoms with E-state index in [2.05, 4.69) is 30.6 Å². The fourth-order valence-corrected chi connectivity index (χ4v) is 2.78. The number of nitrogens with one attached hydrogen (secondary N) is 3. The molecule has 0 bridgehead atoms. The Kier molecular flexibility index (Phi) is 4.06. The summed E-state index contributed by atoms with van der Waals surface area (Å²) in [6.45, 7) is 3.28. The Hall–Kier alpha value is -3.76. The Morgan fingerprint density at radius 1 is 1.46 bits per heavy atom. The highest BCUT2D eigenvalue weighted by atomic mass is 16.3. The first kappa shape index (κ1) is 17.6. The number of nitrogens with zero attached hydrogens (tertiary/aromatic N) is 5. The second-order valence-electron chi connectivity index (χ2n) is 6.72. The van der Waals surface area contributed by atoms with Crippen LogP contribution in [-0.4, -0.2) is 52.7 Å². The number of hydrogen-bond acceptors (Lipinski definition) is 8. The van der Waals surface area contributed by atoms with E-state index in [0.29, 0.717) is 10.9 Å². The van der Waals surface area contributed by atoms with Gasteiger partial charge < -0.3 is 21.6 Å². The molecule has 0 radical (unpaired) electrons. The number of pyridine rings is 1. The minimum Gasteiger partial charge on any atom is -0.504 e. The summed E-state index contributed by atoms with van der Waals surface area (Å²) in [5.41, 5.74) is 7.08. The number of aliphatic hydroxyl groups excluding tert-OH is 1. The van der Waals surface area contributed by atoms with Crippen LogP contribution in [0.3, 0.4) is 0 Å². The van der Waals surface area contributed by atoms with E-state index in [9.17, 15) is 9.90 Å². The van der Waals surface area contributed by atoms with Crippen LogP contribution < -0.4 is 11.1 Å². The van der Waals surface area contributed by atoms with Crippen LogP contribution in [0.15, 0.2) is 18.0 Å². The highest BCUT2D eigenvalue weighted by Gasteiger charge is 2.27. The van der Waals surface area contributed by atoms with Gasteiger partial charge in [0, 0.05) is 17.1 Å². The zero-order chi connectivity index (χ0) is 20.0. The lowest BCUT2D eigenvalue weighted by atomic mass is 10.2. The van der Waals surface area contributed by atoms with Gasteiger partial charge in [-0.3, -0.25) is 9.78 Å². The van der Waals surface area contributed by atoms with Gasteiger partial charge in [-0.25, -0.2) is 5.10 Å². The van der Waals surface area contributed by atoms with Crippen LogP contribution in [0.1, 0.15) is 41.8 Å². The maximum Gasteiger partial charge on any atom is 0.269 e. The summed E-state index contributed by atoms with van der Waals surface area (Å²) in [6, 6.07) is 1.94. The Balaban J connectivity index is 1.82. The van der Waals surface area contributed by atoms with Crippen molar-refractivity contribution < 1.29 is 9.90 Å². The molecule has 0 atom stereocenters. The van der Waals surface area contributed by atoms with Crippen LogP contribution in [-0.2, 0) is 0 Å². The molecule has 3 aromatic rings. The lowest BCUT2D eigenvalue weighted by molar-refractivity contribution is 0.0996. The Labute approximate surface area is 159 Å². The largest absolute Gasteiger partial charge is 0.504 e. The van der Waals surface area contributed by atoms with Crippen molar-refractivity contribution in [2.24, 2.45) is 5.73 Å². The number of carbonyl (C=O) groups is 1. The van der Waals surface area contributed by atoms with Gasteiger partial charge in [0.25, 0.3) is 5.91 Å². The minimum atomic E-state index is -0.665. The molecule has 3 aromatic heterocycles. The number of aromatic nitrogens is 6. The number of hydrogen-bond donors (Lipinski definition) is 5. The van der Waals surface area contributed by atoms with Gasteiger partial charge in [-0.1, -0.05) is 0 Å². The monoisotopic (exact) mass is 381 g/mol. The first-order valence-corrected chi connectivity index (χ1v) is 8.68. The summed E-state index contributed by atoms with van der Waals surface area (Å²) < 4.78 is 1.39. The number of amides is 1. The molecule has 11 nitrogen and oxygen atoms in total. The van der Waals surface area contributed by atoms with Crippen molar-refractivity contribution >= 4 is 28.2 Å². The number of rotatable bonds is 6. The number of nitrogens with two attached hydrogens (primary N) is 1. The van der Waals surface area contributed by atoms with E-state index < -0.39 is 5.91 Å². The van der Waals surface area contributed by atoms with Crippen LogP contribution >= 0.6 is 0 Å². The molecular weight excluding hydrogens is 362 g/mol. The fraction of sp³-hybridized carbons (Fsp3) is 0.294. The van der Waals surface area contributed by atoms with Gasteiger partial charge >= 0.3 is 0 Å². The van der Waals surface area contributed by atoms with Crippen molar-refractivity contribution in [2.75, 3.05) is 0 Å². The summed E-state index contributed by atoms with van der Waals surface area (Å²) in [4.78, 5) is 20.4. The molecule has 0 aromatic carbocycles. The third-order valence-corrected chi connectivity index (χ3v) is 4.35. The van der Waals surface area contributed by atoms with Crippen LogP contribution in [0.25, 0.3) is 22.5 Å². The summed E-state index contributed by atoms with van der Waals surface area (Å²) >= 11 is 0. The summed E-state index contributed by atoms with van der Waals surface area (Å²) in [7, 11) is 0. The van der Waals surface area contributed by atoms with Crippen molar-refractivity contribution in [1.29, 1.82) is 5.41 Å². The molecule has 1 aliphatic carbocycles. The average Bonchev–Trinajstić information content (AvgIpc) is 3.20. The van der Waals surface area contributed by atoms with E-state index in [4.69, 9.17) is 11.1 Å². The second-order valence-corrected chi connectivity index (χ2v) is 6.72. The minimum absolute atomic E-state index is 0.00488. The van der Waals surface area contributed by atoms with Gasteiger partial charge in [0.05, 0.1) is 17.4 Å². The molecule has 0 unspecified atom stereocenters. The number of primary amides is 1. The van der Waals surface area contributed by atoms with Crippen LogP contribution in [0.5, 0.6) is 0 Å². The van der Waals surface area contributed by atoms with Gasteiger partial charge in [0.15, 0.2) is 11.5 Å². The highest BCUT2D eigenvalue weighted by Crippen LogP contribution is 2.25. The van der Waals surface area contributed by atoms with Gasteiger partial charge in [-0.05, 0) is 32.8 Å². The fourth-order valence-electron chi connectivity index (χ4n) is 2.78. The standard InChI is InChI=1S/C17H19N9O2/c1-7-5-10-11(6-20-7)26(25-12(10)15(19)28)17-22-16(23-24-17)13(14(27)8(2)18)21-9-3-4-9/h5-6,9,18,21,27H,3-4H2,1-2H3,(H2,19,28)(H,22,23,24)/b14-13+,18-8?. The number of aryl methyl sites for hydroxylation is 1. The molecule has 0 spiro atoms. The second kappa shape index (κ2) is 6.44. The third-order valence-electron chi connectivity index (χ3n) is 4.35. The Morgan fingerprint density at radius 3 is 2.86 bits per heavy atom. The molecule has 11 heteroatoms. The predicted molar refractivity (Wildman–Crippen MR) is 101 cm³/mol. The van der Waals surface area contributed by atoms with Gasteiger partial charge in [0.2, 0.25) is 11.8 Å². The molecule has 1 amide bonds. The van der Waals surface area contributed by atoms with Crippen molar-refractivity contribution in [2.45, 2.75) is 32.7 Å². The Morgan fingerprint density at radius 2 is 2.21 bits per heavy atom. The molecule has 0 aliphatic heterocycles. The molecule has 0 saturated heterocycles. The maximum atomic E-state index is 11.8. The highest BCUT2D eigenvalue weighted by molar-refractivity contribution is 6.04. The van der Waals surface area contributed by atoms with E-state index in [1.165, 1.54) is 11.6 Å². The zero-order valence-electron chi connectivity index (χ0n) is 15.3. The topological polar surface area (TPSA) is 171 Å². The van der Waals surface area contributed by atoms with Gasteiger partial charge in [0.1, 0.15) is 5.70 Å². The average molecular weight is 381 g/mol. The molecular formula is C17H19N9O2. The molecule has 1 saturated carbocycles. The summed E-state index contributed by atoms with van der Waals surface area (Å²) in [6.07, 6.45) is 3.52. The normalized spacial score (nSPS) is 14.8. The molecule has 6 N–H and O–H groups in total. The SMILES string of the molecule is CC(=N)/C(O)=C(\NC1CC1)c1n[nH]c(-n2nc(C(N)=O)c3cc(C)ncc32)n1. The molecule has 1 fully saturated rings. The third kappa shape index (κ3) is 3.06. The lowest BCUT2D eigenvalue weighted by Gasteiger charge is -2.09.